The lowest BCUT2D eigenvalue weighted by Gasteiger charge is -2.40. The van der Waals surface area contributed by atoms with Crippen molar-refractivity contribution >= 4 is 0 Å². The van der Waals surface area contributed by atoms with Crippen LogP contribution in [0, 0.1) is 5.92 Å². The number of aliphatic hydroxyl groups excluding tert-OH is 1. The Balaban J connectivity index is 2.12. The molecule has 2 aliphatic rings. The zero-order chi connectivity index (χ0) is 9.31. The molecular formula is C10H18O3. The highest BCUT2D eigenvalue weighted by Gasteiger charge is 2.47. The summed E-state index contributed by atoms with van der Waals surface area (Å²) in [4.78, 5) is 0. The minimum atomic E-state index is -0.438. The Labute approximate surface area is 79.0 Å². The maximum absolute atomic E-state index is 9.64. The number of ether oxygens (including phenoxy) is 2. The first-order valence-corrected chi connectivity index (χ1v) is 5.20. The van der Waals surface area contributed by atoms with Gasteiger partial charge in [0.2, 0.25) is 0 Å². The molecule has 1 aliphatic heterocycles. The molecule has 2 unspecified atom stereocenters. The molecule has 0 radical (unpaired) electrons. The van der Waals surface area contributed by atoms with E-state index < -0.39 is 5.79 Å². The zero-order valence-corrected chi connectivity index (χ0v) is 8.16. The number of hydrogen-bond donors (Lipinski definition) is 1. The minimum Gasteiger partial charge on any atom is -0.393 e. The summed E-state index contributed by atoms with van der Waals surface area (Å²) in [7, 11) is 0. The maximum Gasteiger partial charge on any atom is 0.173 e. The van der Waals surface area contributed by atoms with Gasteiger partial charge in [-0.05, 0) is 19.8 Å². The molecule has 1 N–H and O–H groups in total. The van der Waals surface area contributed by atoms with Crippen molar-refractivity contribution in [2.75, 3.05) is 13.2 Å². The first-order valence-electron chi connectivity index (χ1n) is 5.20. The summed E-state index contributed by atoms with van der Waals surface area (Å²) >= 11 is 0. The van der Waals surface area contributed by atoms with Gasteiger partial charge in [-0.25, -0.2) is 0 Å². The average Bonchev–Trinajstić information content (AvgIpc) is 2.54. The van der Waals surface area contributed by atoms with Gasteiger partial charge >= 0.3 is 0 Å². The summed E-state index contributed by atoms with van der Waals surface area (Å²) in [6.45, 7) is 3.20. The van der Waals surface area contributed by atoms with Crippen molar-refractivity contribution in [1.29, 1.82) is 0 Å². The van der Waals surface area contributed by atoms with E-state index in [-0.39, 0.29) is 12.0 Å². The van der Waals surface area contributed by atoms with Crippen molar-refractivity contribution in [2.24, 2.45) is 5.92 Å². The van der Waals surface area contributed by atoms with Crippen LogP contribution in [0.25, 0.3) is 0 Å². The lowest BCUT2D eigenvalue weighted by Crippen LogP contribution is -2.46. The second-order valence-electron chi connectivity index (χ2n) is 4.10. The molecule has 76 valence electrons. The maximum atomic E-state index is 9.64. The van der Waals surface area contributed by atoms with Gasteiger partial charge in [-0.2, -0.15) is 0 Å². The van der Waals surface area contributed by atoms with E-state index in [1.807, 2.05) is 6.92 Å². The summed E-state index contributed by atoms with van der Waals surface area (Å²) in [6.07, 6.45) is 3.99. The van der Waals surface area contributed by atoms with Crippen molar-refractivity contribution in [3.63, 3.8) is 0 Å². The molecule has 0 amide bonds. The molecule has 2 atom stereocenters. The summed E-state index contributed by atoms with van der Waals surface area (Å²) in [6, 6.07) is 0. The van der Waals surface area contributed by atoms with Crippen molar-refractivity contribution < 1.29 is 14.6 Å². The molecule has 1 spiro atoms. The van der Waals surface area contributed by atoms with Crippen molar-refractivity contribution in [3.05, 3.63) is 0 Å². The van der Waals surface area contributed by atoms with Crippen LogP contribution in [0.5, 0.6) is 0 Å². The molecule has 0 aromatic carbocycles. The normalized spacial score (nSPS) is 35.1. The van der Waals surface area contributed by atoms with Crippen LogP contribution in [0.2, 0.25) is 0 Å². The van der Waals surface area contributed by atoms with Crippen LogP contribution in [0.1, 0.15) is 32.6 Å². The molecule has 2 fully saturated rings. The standard InChI is InChI=1S/C10H18O3/c1-8(11)9-4-2-3-5-10(9)12-6-7-13-10/h8-9,11H,2-7H2,1H3. The van der Waals surface area contributed by atoms with E-state index in [0.29, 0.717) is 13.2 Å². The van der Waals surface area contributed by atoms with Crippen LogP contribution < -0.4 is 0 Å². The summed E-state index contributed by atoms with van der Waals surface area (Å²) in [5, 5.41) is 9.64. The highest BCUT2D eigenvalue weighted by atomic mass is 16.7. The number of aliphatic hydroxyl groups is 1. The highest BCUT2D eigenvalue weighted by molar-refractivity contribution is 4.89. The number of hydrogen-bond acceptors (Lipinski definition) is 3. The SMILES string of the molecule is CC(O)C1CCCCC12OCCO2. The van der Waals surface area contributed by atoms with Gasteiger partial charge in [0.25, 0.3) is 0 Å². The van der Waals surface area contributed by atoms with E-state index in [1.165, 1.54) is 6.42 Å². The van der Waals surface area contributed by atoms with Crippen LogP contribution >= 0.6 is 0 Å². The van der Waals surface area contributed by atoms with Gasteiger partial charge in [0.05, 0.1) is 19.3 Å². The monoisotopic (exact) mass is 186 g/mol. The van der Waals surface area contributed by atoms with E-state index in [4.69, 9.17) is 9.47 Å². The number of rotatable bonds is 1. The summed E-state index contributed by atoms with van der Waals surface area (Å²) in [5.41, 5.74) is 0. The highest BCUT2D eigenvalue weighted by Crippen LogP contribution is 2.41. The van der Waals surface area contributed by atoms with E-state index in [2.05, 4.69) is 0 Å². The Morgan fingerprint density at radius 1 is 1.31 bits per heavy atom. The first kappa shape index (κ1) is 9.44. The van der Waals surface area contributed by atoms with E-state index in [9.17, 15) is 5.11 Å². The largest absolute Gasteiger partial charge is 0.393 e. The van der Waals surface area contributed by atoms with Crippen molar-refractivity contribution in [2.45, 2.75) is 44.5 Å². The molecule has 1 heterocycles. The smallest absolute Gasteiger partial charge is 0.173 e. The van der Waals surface area contributed by atoms with Gasteiger partial charge in [0.1, 0.15) is 0 Å². The molecule has 3 heteroatoms. The van der Waals surface area contributed by atoms with Gasteiger partial charge in [0.15, 0.2) is 5.79 Å². The Kier molecular flexibility index (Phi) is 2.58. The van der Waals surface area contributed by atoms with Crippen LogP contribution in [-0.4, -0.2) is 30.2 Å². The predicted octanol–water partition coefficient (Wildman–Crippen LogP) is 1.30. The van der Waals surface area contributed by atoms with Gasteiger partial charge in [-0.3, -0.25) is 0 Å². The minimum absolute atomic E-state index is 0.170. The van der Waals surface area contributed by atoms with Crippen molar-refractivity contribution in [1.82, 2.24) is 0 Å². The van der Waals surface area contributed by atoms with Crippen molar-refractivity contribution in [3.8, 4) is 0 Å². The van der Waals surface area contributed by atoms with Crippen LogP contribution in [0.4, 0.5) is 0 Å². The molecule has 3 nitrogen and oxygen atoms in total. The molecule has 1 aliphatic carbocycles. The molecule has 0 aromatic rings. The first-order chi connectivity index (χ1) is 6.25. The van der Waals surface area contributed by atoms with Crippen LogP contribution in [0.3, 0.4) is 0 Å². The Morgan fingerprint density at radius 2 is 2.00 bits per heavy atom. The van der Waals surface area contributed by atoms with E-state index >= 15 is 0 Å². The van der Waals surface area contributed by atoms with Gasteiger partial charge in [0, 0.05) is 12.3 Å². The molecule has 1 saturated carbocycles. The van der Waals surface area contributed by atoms with Crippen LogP contribution in [-0.2, 0) is 9.47 Å². The summed E-state index contributed by atoms with van der Waals surface area (Å²) in [5.74, 6) is -0.268. The fourth-order valence-electron chi connectivity index (χ4n) is 2.58. The fourth-order valence-corrected chi connectivity index (χ4v) is 2.58. The molecule has 2 rings (SSSR count). The molecular weight excluding hydrogens is 168 g/mol. The molecule has 1 saturated heterocycles. The molecule has 13 heavy (non-hydrogen) atoms. The molecule has 0 bridgehead atoms. The average molecular weight is 186 g/mol. The quantitative estimate of drug-likeness (QED) is 0.671. The van der Waals surface area contributed by atoms with Crippen LogP contribution in [0.15, 0.2) is 0 Å². The molecule has 0 aromatic heterocycles. The third-order valence-electron chi connectivity index (χ3n) is 3.21. The lowest BCUT2D eigenvalue weighted by atomic mass is 9.80. The van der Waals surface area contributed by atoms with E-state index in [1.54, 1.807) is 0 Å². The fraction of sp³-hybridized carbons (Fsp3) is 1.00. The predicted molar refractivity (Wildman–Crippen MR) is 48.3 cm³/mol. The third kappa shape index (κ3) is 1.60. The topological polar surface area (TPSA) is 38.7 Å². The lowest BCUT2D eigenvalue weighted by molar-refractivity contribution is -0.230. The Hall–Kier alpha value is -0.120. The Bertz CT molecular complexity index is 173. The second-order valence-corrected chi connectivity index (χ2v) is 4.10. The van der Waals surface area contributed by atoms with Gasteiger partial charge < -0.3 is 14.6 Å². The van der Waals surface area contributed by atoms with Gasteiger partial charge in [-0.1, -0.05) is 6.42 Å². The van der Waals surface area contributed by atoms with Gasteiger partial charge in [-0.15, -0.1) is 0 Å². The van der Waals surface area contributed by atoms with E-state index in [0.717, 1.165) is 19.3 Å². The zero-order valence-electron chi connectivity index (χ0n) is 8.16. The third-order valence-corrected chi connectivity index (χ3v) is 3.21. The second kappa shape index (κ2) is 3.56. The summed E-state index contributed by atoms with van der Waals surface area (Å²) < 4.78 is 11.3. The Morgan fingerprint density at radius 3 is 2.62 bits per heavy atom.